The molecule has 0 saturated carbocycles. The molecule has 1 atom stereocenters. The Bertz CT molecular complexity index is 371. The number of hydrogen-bond acceptors (Lipinski definition) is 4. The van der Waals surface area contributed by atoms with Crippen molar-refractivity contribution in [3.8, 4) is 11.5 Å². The SMILES string of the molecule is CCNC(C(N)=O)c1cc(OC)cc(OC)c1. The maximum atomic E-state index is 11.4. The molecule has 0 aromatic heterocycles. The van der Waals surface area contributed by atoms with Gasteiger partial charge >= 0.3 is 0 Å². The number of nitrogens with two attached hydrogens (primary N) is 1. The molecule has 0 bridgehead atoms. The predicted molar refractivity (Wildman–Crippen MR) is 65.2 cm³/mol. The number of amides is 1. The predicted octanol–water partition coefficient (Wildman–Crippen LogP) is 0.840. The first-order chi connectivity index (χ1) is 8.12. The smallest absolute Gasteiger partial charge is 0.239 e. The van der Waals surface area contributed by atoms with Crippen molar-refractivity contribution < 1.29 is 14.3 Å². The van der Waals surface area contributed by atoms with Gasteiger partial charge in [0.2, 0.25) is 5.91 Å². The fourth-order valence-electron chi connectivity index (χ4n) is 1.58. The van der Waals surface area contributed by atoms with Gasteiger partial charge in [-0.15, -0.1) is 0 Å². The number of rotatable bonds is 6. The minimum atomic E-state index is -0.538. The lowest BCUT2D eigenvalue weighted by Crippen LogP contribution is -2.33. The number of nitrogens with one attached hydrogen (secondary N) is 1. The molecule has 0 saturated heterocycles. The van der Waals surface area contributed by atoms with Crippen LogP contribution >= 0.6 is 0 Å². The topological polar surface area (TPSA) is 73.6 Å². The fraction of sp³-hybridized carbons (Fsp3) is 0.417. The lowest BCUT2D eigenvalue weighted by atomic mass is 10.1. The summed E-state index contributed by atoms with van der Waals surface area (Å²) >= 11 is 0. The van der Waals surface area contributed by atoms with E-state index in [-0.39, 0.29) is 0 Å². The number of ether oxygens (including phenoxy) is 2. The van der Waals surface area contributed by atoms with Gasteiger partial charge < -0.3 is 20.5 Å². The summed E-state index contributed by atoms with van der Waals surface area (Å²) in [5, 5.41) is 3.02. The summed E-state index contributed by atoms with van der Waals surface area (Å²) in [6, 6.07) is 4.73. The molecule has 0 spiro atoms. The molecule has 1 aromatic rings. The zero-order valence-electron chi connectivity index (χ0n) is 10.3. The second kappa shape index (κ2) is 6.10. The van der Waals surface area contributed by atoms with E-state index in [9.17, 15) is 4.79 Å². The monoisotopic (exact) mass is 238 g/mol. The molecular formula is C12H18N2O3. The third-order valence-electron chi connectivity index (χ3n) is 2.40. The van der Waals surface area contributed by atoms with Crippen LogP contribution in [0.5, 0.6) is 11.5 Å². The number of hydrogen-bond donors (Lipinski definition) is 2. The molecule has 1 aromatic carbocycles. The molecule has 5 heteroatoms. The minimum Gasteiger partial charge on any atom is -0.497 e. The van der Waals surface area contributed by atoms with Crippen molar-refractivity contribution in [2.75, 3.05) is 20.8 Å². The summed E-state index contributed by atoms with van der Waals surface area (Å²) in [6.45, 7) is 2.56. The van der Waals surface area contributed by atoms with E-state index in [0.29, 0.717) is 18.0 Å². The van der Waals surface area contributed by atoms with Crippen LogP contribution in [0.15, 0.2) is 18.2 Å². The van der Waals surface area contributed by atoms with E-state index < -0.39 is 11.9 Å². The fourth-order valence-corrected chi connectivity index (χ4v) is 1.58. The van der Waals surface area contributed by atoms with Gasteiger partial charge in [0.15, 0.2) is 0 Å². The van der Waals surface area contributed by atoms with E-state index in [1.165, 1.54) is 0 Å². The summed E-state index contributed by atoms with van der Waals surface area (Å²) in [5.74, 6) is 0.828. The Kier molecular flexibility index (Phi) is 4.78. The molecule has 5 nitrogen and oxygen atoms in total. The molecule has 0 aliphatic carbocycles. The quantitative estimate of drug-likeness (QED) is 0.770. The van der Waals surface area contributed by atoms with Crippen LogP contribution in [-0.4, -0.2) is 26.7 Å². The Labute approximate surface area is 101 Å². The molecule has 1 rings (SSSR count). The van der Waals surface area contributed by atoms with Crippen LogP contribution in [0.4, 0.5) is 0 Å². The highest BCUT2D eigenvalue weighted by molar-refractivity contribution is 5.81. The summed E-state index contributed by atoms with van der Waals surface area (Å²) in [5.41, 5.74) is 6.09. The Balaban J connectivity index is 3.12. The molecule has 94 valence electrons. The number of primary amides is 1. The zero-order chi connectivity index (χ0) is 12.8. The Morgan fingerprint density at radius 2 is 1.82 bits per heavy atom. The van der Waals surface area contributed by atoms with Gasteiger partial charge in [-0.05, 0) is 24.2 Å². The third-order valence-corrected chi connectivity index (χ3v) is 2.40. The molecule has 0 aliphatic heterocycles. The first-order valence-corrected chi connectivity index (χ1v) is 5.38. The number of carbonyl (C=O) groups is 1. The van der Waals surface area contributed by atoms with Gasteiger partial charge in [-0.2, -0.15) is 0 Å². The van der Waals surface area contributed by atoms with Gasteiger partial charge in [-0.25, -0.2) is 0 Å². The number of methoxy groups -OCH3 is 2. The average Bonchev–Trinajstić information content (AvgIpc) is 2.34. The number of carbonyl (C=O) groups excluding carboxylic acids is 1. The van der Waals surface area contributed by atoms with Crippen LogP contribution in [0.25, 0.3) is 0 Å². The second-order valence-electron chi connectivity index (χ2n) is 3.54. The average molecular weight is 238 g/mol. The molecule has 1 amide bonds. The van der Waals surface area contributed by atoms with Crippen LogP contribution in [0, 0.1) is 0 Å². The van der Waals surface area contributed by atoms with Gasteiger partial charge in [0, 0.05) is 6.07 Å². The van der Waals surface area contributed by atoms with Crippen molar-refractivity contribution in [3.05, 3.63) is 23.8 Å². The number of benzene rings is 1. The van der Waals surface area contributed by atoms with Crippen LogP contribution < -0.4 is 20.5 Å². The molecule has 3 N–H and O–H groups in total. The van der Waals surface area contributed by atoms with E-state index in [1.807, 2.05) is 6.92 Å². The van der Waals surface area contributed by atoms with Crippen molar-refractivity contribution >= 4 is 5.91 Å². The number of likely N-dealkylation sites (N-methyl/N-ethyl adjacent to an activating group) is 1. The standard InChI is InChI=1S/C12H18N2O3/c1-4-14-11(12(13)15)8-5-9(16-2)7-10(6-8)17-3/h5-7,11,14H,4H2,1-3H3,(H2,13,15). The molecule has 0 aliphatic rings. The highest BCUT2D eigenvalue weighted by Crippen LogP contribution is 2.26. The lowest BCUT2D eigenvalue weighted by molar-refractivity contribution is -0.120. The van der Waals surface area contributed by atoms with Crippen LogP contribution in [-0.2, 0) is 4.79 Å². The minimum absolute atomic E-state index is 0.429. The zero-order valence-corrected chi connectivity index (χ0v) is 10.3. The largest absolute Gasteiger partial charge is 0.497 e. The van der Waals surface area contributed by atoms with E-state index in [0.717, 1.165) is 5.56 Å². The summed E-state index contributed by atoms with van der Waals surface area (Å²) in [7, 11) is 3.12. The van der Waals surface area contributed by atoms with Gasteiger partial charge in [-0.3, -0.25) is 4.79 Å². The van der Waals surface area contributed by atoms with Gasteiger partial charge in [0.25, 0.3) is 0 Å². The first-order valence-electron chi connectivity index (χ1n) is 5.38. The Morgan fingerprint density at radius 3 is 2.18 bits per heavy atom. The van der Waals surface area contributed by atoms with Crippen LogP contribution in [0.3, 0.4) is 0 Å². The normalized spacial score (nSPS) is 11.9. The van der Waals surface area contributed by atoms with E-state index >= 15 is 0 Å². The van der Waals surface area contributed by atoms with Crippen molar-refractivity contribution in [3.63, 3.8) is 0 Å². The van der Waals surface area contributed by atoms with Gasteiger partial charge in [0.05, 0.1) is 14.2 Å². The maximum absolute atomic E-state index is 11.4. The van der Waals surface area contributed by atoms with Gasteiger partial charge in [0.1, 0.15) is 17.5 Å². The lowest BCUT2D eigenvalue weighted by Gasteiger charge is -2.16. The molecule has 0 radical (unpaired) electrons. The Hall–Kier alpha value is -1.75. The first kappa shape index (κ1) is 13.3. The molecular weight excluding hydrogens is 220 g/mol. The highest BCUT2D eigenvalue weighted by Gasteiger charge is 2.18. The van der Waals surface area contributed by atoms with Crippen LogP contribution in [0.2, 0.25) is 0 Å². The molecule has 1 unspecified atom stereocenters. The summed E-state index contributed by atoms with van der Waals surface area (Å²) in [6.07, 6.45) is 0. The van der Waals surface area contributed by atoms with E-state index in [4.69, 9.17) is 15.2 Å². The molecule has 0 heterocycles. The second-order valence-corrected chi connectivity index (χ2v) is 3.54. The molecule has 0 fully saturated rings. The third kappa shape index (κ3) is 3.35. The highest BCUT2D eigenvalue weighted by atomic mass is 16.5. The van der Waals surface area contributed by atoms with E-state index in [1.54, 1.807) is 32.4 Å². The Morgan fingerprint density at radius 1 is 1.29 bits per heavy atom. The maximum Gasteiger partial charge on any atom is 0.239 e. The van der Waals surface area contributed by atoms with E-state index in [2.05, 4.69) is 5.32 Å². The van der Waals surface area contributed by atoms with Crippen molar-refractivity contribution in [2.45, 2.75) is 13.0 Å². The molecule has 17 heavy (non-hydrogen) atoms. The summed E-state index contributed by atoms with van der Waals surface area (Å²) < 4.78 is 10.3. The van der Waals surface area contributed by atoms with Crippen LogP contribution in [0.1, 0.15) is 18.5 Å². The summed E-state index contributed by atoms with van der Waals surface area (Å²) in [4.78, 5) is 11.4. The van der Waals surface area contributed by atoms with Crippen molar-refractivity contribution in [1.29, 1.82) is 0 Å². The van der Waals surface area contributed by atoms with Gasteiger partial charge in [-0.1, -0.05) is 6.92 Å². The van der Waals surface area contributed by atoms with Crippen molar-refractivity contribution in [1.82, 2.24) is 5.32 Å². The van der Waals surface area contributed by atoms with Crippen molar-refractivity contribution in [2.24, 2.45) is 5.73 Å².